The van der Waals surface area contributed by atoms with Crippen LogP contribution in [0.4, 0.5) is 0 Å². The second kappa shape index (κ2) is 5.10. The van der Waals surface area contributed by atoms with Gasteiger partial charge in [0.15, 0.2) is 5.78 Å². The van der Waals surface area contributed by atoms with Gasteiger partial charge in [0.2, 0.25) is 0 Å². The number of ketones is 1. The lowest BCUT2D eigenvalue weighted by molar-refractivity contribution is -0.128. The van der Waals surface area contributed by atoms with E-state index in [-0.39, 0.29) is 11.3 Å². The van der Waals surface area contributed by atoms with Crippen LogP contribution in [0.15, 0.2) is 0 Å². The average Bonchev–Trinajstić information content (AvgIpc) is 2.90. The smallest absolute Gasteiger partial charge is 0.159 e. The normalized spacial score (nSPS) is 17.3. The van der Waals surface area contributed by atoms with E-state index in [4.69, 9.17) is 0 Å². The highest BCUT2D eigenvalue weighted by Crippen LogP contribution is 2.25. The van der Waals surface area contributed by atoms with Crippen molar-refractivity contribution < 1.29 is 4.79 Å². The molecular weight excluding hydrogens is 244 g/mol. The Morgan fingerprint density at radius 2 is 1.94 bits per heavy atom. The molecule has 2 heterocycles. The van der Waals surface area contributed by atoms with E-state index in [1.807, 2.05) is 20.8 Å². The molecule has 1 aliphatic heterocycles. The Balaban J connectivity index is 2.06. The molecule has 100 valence electrons. The third-order valence-corrected chi connectivity index (χ3v) is 5.04. The number of hydrogen-bond donors (Lipinski definition) is 0. The maximum absolute atomic E-state index is 12.5. The number of hydrogen-bond acceptors (Lipinski definition) is 4. The Hall–Kier alpha value is -0.740. The monoisotopic (exact) mass is 266 g/mol. The number of Topliss-reactive ketones (excluding diaryl/α,β-unsaturated/α-hetero) is 1. The van der Waals surface area contributed by atoms with Gasteiger partial charge in [0, 0.05) is 4.88 Å². The van der Waals surface area contributed by atoms with E-state index in [2.05, 4.69) is 16.8 Å². The summed E-state index contributed by atoms with van der Waals surface area (Å²) < 4.78 is 0. The summed E-state index contributed by atoms with van der Waals surface area (Å²) in [5.74, 6) is 0.290. The van der Waals surface area contributed by atoms with E-state index in [1.54, 1.807) is 11.3 Å². The zero-order valence-corrected chi connectivity index (χ0v) is 12.6. The third-order valence-electron chi connectivity index (χ3n) is 3.96. The maximum atomic E-state index is 12.5. The zero-order valence-electron chi connectivity index (χ0n) is 11.7. The van der Waals surface area contributed by atoms with E-state index < -0.39 is 0 Å². The lowest BCUT2D eigenvalue weighted by Gasteiger charge is -2.33. The second-order valence-corrected chi connectivity index (χ2v) is 6.89. The number of likely N-dealkylation sites (tertiary alicyclic amines) is 1. The lowest BCUT2D eigenvalue weighted by Crippen LogP contribution is -2.49. The third kappa shape index (κ3) is 2.64. The predicted molar refractivity (Wildman–Crippen MR) is 75.2 cm³/mol. The van der Waals surface area contributed by atoms with Crippen molar-refractivity contribution >= 4 is 17.1 Å². The maximum Gasteiger partial charge on any atom is 0.159 e. The number of thiazole rings is 1. The highest BCUT2D eigenvalue weighted by molar-refractivity contribution is 7.11. The van der Waals surface area contributed by atoms with Gasteiger partial charge in [-0.25, -0.2) is 4.98 Å². The van der Waals surface area contributed by atoms with Crippen LogP contribution in [0.1, 0.15) is 42.3 Å². The number of carbonyl (C=O) groups excluding carboxylic acids is 1. The highest BCUT2D eigenvalue weighted by atomic mass is 32.1. The van der Waals surface area contributed by atoms with Gasteiger partial charge in [0.1, 0.15) is 5.01 Å². The summed E-state index contributed by atoms with van der Waals surface area (Å²) in [4.78, 5) is 20.5. The molecule has 1 aromatic heterocycles. The van der Waals surface area contributed by atoms with Gasteiger partial charge in [-0.2, -0.15) is 0 Å². The van der Waals surface area contributed by atoms with Crippen molar-refractivity contribution in [2.24, 2.45) is 0 Å². The first-order valence-electron chi connectivity index (χ1n) is 6.62. The van der Waals surface area contributed by atoms with E-state index in [1.165, 1.54) is 17.7 Å². The Morgan fingerprint density at radius 3 is 2.44 bits per heavy atom. The SMILES string of the molecule is Cc1nc(CC(=O)C(C)(C)N2CCCC2)sc1C. The second-order valence-electron chi connectivity index (χ2n) is 5.60. The molecular formula is C14H22N2OS. The van der Waals surface area contributed by atoms with Gasteiger partial charge >= 0.3 is 0 Å². The van der Waals surface area contributed by atoms with Crippen LogP contribution in [0.3, 0.4) is 0 Å². The summed E-state index contributed by atoms with van der Waals surface area (Å²) in [6.45, 7) is 10.3. The fraction of sp³-hybridized carbons (Fsp3) is 0.714. The Labute approximate surface area is 113 Å². The van der Waals surface area contributed by atoms with E-state index in [0.29, 0.717) is 6.42 Å². The van der Waals surface area contributed by atoms with Crippen LogP contribution >= 0.6 is 11.3 Å². The molecule has 1 saturated heterocycles. The number of rotatable bonds is 4. The molecule has 0 radical (unpaired) electrons. The Morgan fingerprint density at radius 1 is 1.33 bits per heavy atom. The molecule has 0 bridgehead atoms. The van der Waals surface area contributed by atoms with Crippen LogP contribution in [0.2, 0.25) is 0 Å². The van der Waals surface area contributed by atoms with Crippen LogP contribution in [-0.2, 0) is 11.2 Å². The number of nitrogens with zero attached hydrogens (tertiary/aromatic N) is 2. The van der Waals surface area contributed by atoms with Crippen molar-refractivity contribution in [3.63, 3.8) is 0 Å². The van der Waals surface area contributed by atoms with Gasteiger partial charge in [-0.05, 0) is 53.6 Å². The minimum atomic E-state index is -0.343. The molecule has 1 fully saturated rings. The summed E-state index contributed by atoms with van der Waals surface area (Å²) >= 11 is 1.65. The molecule has 18 heavy (non-hydrogen) atoms. The molecule has 1 aliphatic rings. The summed E-state index contributed by atoms with van der Waals surface area (Å²) in [6, 6.07) is 0. The van der Waals surface area contributed by atoms with Crippen molar-refractivity contribution in [2.75, 3.05) is 13.1 Å². The first-order valence-corrected chi connectivity index (χ1v) is 7.44. The minimum absolute atomic E-state index is 0.290. The zero-order chi connectivity index (χ0) is 13.3. The van der Waals surface area contributed by atoms with Crippen LogP contribution in [0.5, 0.6) is 0 Å². The molecule has 0 spiro atoms. The molecule has 0 amide bonds. The van der Waals surface area contributed by atoms with E-state index in [9.17, 15) is 4.79 Å². The van der Waals surface area contributed by atoms with Crippen LogP contribution in [-0.4, -0.2) is 34.3 Å². The predicted octanol–water partition coefficient (Wildman–Crippen LogP) is 2.75. The van der Waals surface area contributed by atoms with Crippen LogP contribution < -0.4 is 0 Å². The van der Waals surface area contributed by atoms with Gasteiger partial charge < -0.3 is 0 Å². The number of carbonyl (C=O) groups is 1. The standard InChI is InChI=1S/C14H22N2OS/c1-10-11(2)18-13(15-10)9-12(17)14(3,4)16-7-5-6-8-16/h5-9H2,1-4H3. The van der Waals surface area contributed by atoms with Gasteiger partial charge in [0.25, 0.3) is 0 Å². The molecule has 3 nitrogen and oxygen atoms in total. The van der Waals surface area contributed by atoms with Gasteiger partial charge in [-0.1, -0.05) is 0 Å². The van der Waals surface area contributed by atoms with Crippen LogP contribution in [0, 0.1) is 13.8 Å². The van der Waals surface area contributed by atoms with E-state index >= 15 is 0 Å². The summed E-state index contributed by atoms with van der Waals surface area (Å²) in [5, 5.41) is 0.960. The topological polar surface area (TPSA) is 33.2 Å². The first-order chi connectivity index (χ1) is 8.41. The first kappa shape index (κ1) is 13.7. The van der Waals surface area contributed by atoms with Gasteiger partial charge in [0.05, 0.1) is 17.7 Å². The molecule has 1 aromatic rings. The molecule has 2 rings (SSSR count). The molecule has 0 unspecified atom stereocenters. The molecule has 0 aromatic carbocycles. The number of aryl methyl sites for hydroxylation is 2. The summed E-state index contributed by atoms with van der Waals surface area (Å²) in [7, 11) is 0. The highest BCUT2D eigenvalue weighted by Gasteiger charge is 2.35. The van der Waals surface area contributed by atoms with Crippen molar-refractivity contribution in [1.29, 1.82) is 0 Å². The van der Waals surface area contributed by atoms with Crippen molar-refractivity contribution in [3.8, 4) is 0 Å². The molecule has 0 atom stereocenters. The van der Waals surface area contributed by atoms with Crippen molar-refractivity contribution in [3.05, 3.63) is 15.6 Å². The lowest BCUT2D eigenvalue weighted by atomic mass is 9.95. The fourth-order valence-corrected chi connectivity index (χ4v) is 3.35. The fourth-order valence-electron chi connectivity index (χ4n) is 2.42. The van der Waals surface area contributed by atoms with Gasteiger partial charge in [-0.3, -0.25) is 9.69 Å². The van der Waals surface area contributed by atoms with Crippen molar-refractivity contribution in [2.45, 2.75) is 52.5 Å². The minimum Gasteiger partial charge on any atom is -0.297 e. The van der Waals surface area contributed by atoms with Crippen molar-refractivity contribution in [1.82, 2.24) is 9.88 Å². The summed E-state index contributed by atoms with van der Waals surface area (Å²) in [6.07, 6.45) is 2.90. The molecule has 0 N–H and O–H groups in total. The van der Waals surface area contributed by atoms with E-state index in [0.717, 1.165) is 23.8 Å². The number of aromatic nitrogens is 1. The quantitative estimate of drug-likeness (QED) is 0.840. The molecule has 0 saturated carbocycles. The van der Waals surface area contributed by atoms with Crippen LogP contribution in [0.25, 0.3) is 0 Å². The van der Waals surface area contributed by atoms with Gasteiger partial charge in [-0.15, -0.1) is 11.3 Å². The average molecular weight is 266 g/mol. The Kier molecular flexibility index (Phi) is 3.87. The Bertz CT molecular complexity index is 425. The largest absolute Gasteiger partial charge is 0.297 e. The summed E-state index contributed by atoms with van der Waals surface area (Å²) in [5.41, 5.74) is 0.714. The molecule has 0 aliphatic carbocycles. The molecule has 4 heteroatoms.